The SMILES string of the molecule is O=C(c1cc(-c2ccc(F)cc2)n[nH]1)N1CCC[C@@H]1c1cccnc1. The largest absolute Gasteiger partial charge is 0.330 e. The molecule has 0 unspecified atom stereocenters. The normalized spacial score (nSPS) is 17.0. The van der Waals surface area contributed by atoms with Gasteiger partial charge in [0.25, 0.3) is 5.91 Å². The van der Waals surface area contributed by atoms with Gasteiger partial charge in [-0.2, -0.15) is 5.10 Å². The highest BCUT2D eigenvalue weighted by Gasteiger charge is 2.31. The molecular formula is C19H17FN4O. The summed E-state index contributed by atoms with van der Waals surface area (Å²) < 4.78 is 13.1. The molecule has 0 spiro atoms. The van der Waals surface area contributed by atoms with Gasteiger partial charge in [-0.15, -0.1) is 0 Å². The Balaban J connectivity index is 1.58. The molecule has 1 atom stereocenters. The minimum absolute atomic E-state index is 0.0405. The standard InChI is InChI=1S/C19H17FN4O/c20-15-7-5-13(6-8-15)16-11-17(23-22-16)19(25)24-10-2-4-18(24)14-3-1-9-21-12-14/h1,3,5-9,11-12,18H,2,4,10H2,(H,22,23)/t18-/m1/s1. The summed E-state index contributed by atoms with van der Waals surface area (Å²) in [7, 11) is 0. The molecule has 6 heteroatoms. The minimum atomic E-state index is -0.299. The lowest BCUT2D eigenvalue weighted by Crippen LogP contribution is -2.30. The van der Waals surface area contributed by atoms with Crippen molar-refractivity contribution in [2.75, 3.05) is 6.54 Å². The maximum Gasteiger partial charge on any atom is 0.272 e. The van der Waals surface area contributed by atoms with Gasteiger partial charge in [0.1, 0.15) is 11.5 Å². The number of aromatic amines is 1. The van der Waals surface area contributed by atoms with Gasteiger partial charge in [-0.05, 0) is 54.8 Å². The third-order valence-corrected chi connectivity index (χ3v) is 4.53. The number of amides is 1. The Bertz CT molecular complexity index is 876. The van der Waals surface area contributed by atoms with Crippen LogP contribution in [0.4, 0.5) is 4.39 Å². The summed E-state index contributed by atoms with van der Waals surface area (Å²) >= 11 is 0. The monoisotopic (exact) mass is 336 g/mol. The smallest absolute Gasteiger partial charge is 0.272 e. The van der Waals surface area contributed by atoms with Crippen LogP contribution < -0.4 is 0 Å². The number of nitrogens with zero attached hydrogens (tertiary/aromatic N) is 3. The molecule has 5 nitrogen and oxygen atoms in total. The summed E-state index contributed by atoms with van der Waals surface area (Å²) in [6.07, 6.45) is 5.43. The molecule has 1 aliphatic heterocycles. The van der Waals surface area contributed by atoms with E-state index in [9.17, 15) is 9.18 Å². The number of aromatic nitrogens is 3. The summed E-state index contributed by atoms with van der Waals surface area (Å²) in [5.74, 6) is -0.376. The molecule has 2 aromatic heterocycles. The van der Waals surface area contributed by atoms with E-state index >= 15 is 0 Å². The van der Waals surface area contributed by atoms with Crippen LogP contribution >= 0.6 is 0 Å². The maximum atomic E-state index is 13.1. The Labute approximate surface area is 144 Å². The number of hydrogen-bond acceptors (Lipinski definition) is 3. The van der Waals surface area contributed by atoms with Crippen LogP contribution in [-0.4, -0.2) is 32.5 Å². The fourth-order valence-electron chi connectivity index (χ4n) is 3.28. The van der Waals surface area contributed by atoms with Crippen LogP contribution in [0.3, 0.4) is 0 Å². The Morgan fingerprint density at radius 1 is 1.24 bits per heavy atom. The van der Waals surface area contributed by atoms with Gasteiger partial charge in [0.15, 0.2) is 0 Å². The second kappa shape index (κ2) is 6.47. The number of pyridine rings is 1. The zero-order valence-electron chi connectivity index (χ0n) is 13.5. The highest BCUT2D eigenvalue weighted by Crippen LogP contribution is 2.32. The van der Waals surface area contributed by atoms with E-state index in [1.807, 2.05) is 23.2 Å². The molecule has 126 valence electrons. The Hall–Kier alpha value is -3.02. The summed E-state index contributed by atoms with van der Waals surface area (Å²) in [4.78, 5) is 18.9. The van der Waals surface area contributed by atoms with E-state index < -0.39 is 0 Å². The zero-order valence-corrected chi connectivity index (χ0v) is 13.5. The fraction of sp³-hybridized carbons (Fsp3) is 0.211. The summed E-state index contributed by atoms with van der Waals surface area (Å²) in [5.41, 5.74) is 2.88. The molecule has 0 radical (unpaired) electrons. The number of benzene rings is 1. The number of halogens is 1. The fourth-order valence-corrected chi connectivity index (χ4v) is 3.28. The first-order valence-corrected chi connectivity index (χ1v) is 8.24. The van der Waals surface area contributed by atoms with Crippen LogP contribution in [0.25, 0.3) is 11.3 Å². The molecule has 1 amide bonds. The van der Waals surface area contributed by atoms with E-state index in [-0.39, 0.29) is 17.8 Å². The first-order valence-electron chi connectivity index (χ1n) is 8.24. The molecular weight excluding hydrogens is 319 g/mol. The number of carbonyl (C=O) groups excluding carboxylic acids is 1. The predicted molar refractivity (Wildman–Crippen MR) is 91.2 cm³/mol. The van der Waals surface area contributed by atoms with Crippen molar-refractivity contribution >= 4 is 5.91 Å². The van der Waals surface area contributed by atoms with Crippen molar-refractivity contribution in [1.29, 1.82) is 0 Å². The maximum absolute atomic E-state index is 13.1. The number of carbonyl (C=O) groups is 1. The number of rotatable bonds is 3. The van der Waals surface area contributed by atoms with E-state index in [0.29, 0.717) is 17.9 Å². The van der Waals surface area contributed by atoms with E-state index in [2.05, 4.69) is 15.2 Å². The van der Waals surface area contributed by atoms with Crippen LogP contribution in [0.2, 0.25) is 0 Å². The van der Waals surface area contributed by atoms with Crippen LogP contribution in [0, 0.1) is 5.82 Å². The molecule has 1 aromatic carbocycles. The second-order valence-corrected chi connectivity index (χ2v) is 6.12. The third-order valence-electron chi connectivity index (χ3n) is 4.53. The van der Waals surface area contributed by atoms with Crippen molar-refractivity contribution in [2.24, 2.45) is 0 Å². The third kappa shape index (κ3) is 3.03. The Morgan fingerprint density at radius 2 is 2.08 bits per heavy atom. The predicted octanol–water partition coefficient (Wildman–Crippen LogP) is 3.59. The summed E-state index contributed by atoms with van der Waals surface area (Å²) in [6, 6.07) is 11.7. The van der Waals surface area contributed by atoms with Crippen molar-refractivity contribution in [3.63, 3.8) is 0 Å². The molecule has 0 aliphatic carbocycles. The summed E-state index contributed by atoms with van der Waals surface area (Å²) in [5, 5.41) is 7.02. The minimum Gasteiger partial charge on any atom is -0.330 e. The van der Waals surface area contributed by atoms with Gasteiger partial charge in [-0.3, -0.25) is 14.9 Å². The average molecular weight is 336 g/mol. The van der Waals surface area contributed by atoms with Gasteiger partial charge in [-0.25, -0.2) is 4.39 Å². The molecule has 25 heavy (non-hydrogen) atoms. The molecule has 1 saturated heterocycles. The lowest BCUT2D eigenvalue weighted by Gasteiger charge is -2.24. The Morgan fingerprint density at radius 3 is 2.84 bits per heavy atom. The van der Waals surface area contributed by atoms with E-state index in [1.165, 1.54) is 12.1 Å². The van der Waals surface area contributed by atoms with Gasteiger partial charge in [0, 0.05) is 24.5 Å². The van der Waals surface area contributed by atoms with E-state index in [1.54, 1.807) is 24.4 Å². The van der Waals surface area contributed by atoms with Crippen LogP contribution in [0.5, 0.6) is 0 Å². The average Bonchev–Trinajstić information content (AvgIpc) is 3.32. The lowest BCUT2D eigenvalue weighted by molar-refractivity contribution is 0.0729. The lowest BCUT2D eigenvalue weighted by atomic mass is 10.1. The quantitative estimate of drug-likeness (QED) is 0.795. The van der Waals surface area contributed by atoms with Gasteiger partial charge >= 0.3 is 0 Å². The van der Waals surface area contributed by atoms with Crippen molar-refractivity contribution in [1.82, 2.24) is 20.1 Å². The van der Waals surface area contributed by atoms with Gasteiger partial charge in [0.2, 0.25) is 0 Å². The van der Waals surface area contributed by atoms with Crippen LogP contribution in [-0.2, 0) is 0 Å². The second-order valence-electron chi connectivity index (χ2n) is 6.12. The highest BCUT2D eigenvalue weighted by molar-refractivity contribution is 5.93. The van der Waals surface area contributed by atoms with Crippen molar-refractivity contribution in [2.45, 2.75) is 18.9 Å². The molecule has 3 aromatic rings. The van der Waals surface area contributed by atoms with Crippen molar-refractivity contribution in [3.05, 3.63) is 71.9 Å². The molecule has 1 N–H and O–H groups in total. The molecule has 3 heterocycles. The molecule has 0 bridgehead atoms. The number of hydrogen-bond donors (Lipinski definition) is 1. The van der Waals surface area contributed by atoms with Gasteiger partial charge < -0.3 is 4.90 Å². The van der Waals surface area contributed by atoms with Crippen molar-refractivity contribution < 1.29 is 9.18 Å². The topological polar surface area (TPSA) is 61.9 Å². The molecule has 1 aliphatic rings. The summed E-state index contributed by atoms with van der Waals surface area (Å²) in [6.45, 7) is 0.712. The first kappa shape index (κ1) is 15.5. The van der Waals surface area contributed by atoms with E-state index in [0.717, 1.165) is 24.0 Å². The number of nitrogens with one attached hydrogen (secondary N) is 1. The van der Waals surface area contributed by atoms with Crippen molar-refractivity contribution in [3.8, 4) is 11.3 Å². The van der Waals surface area contributed by atoms with Gasteiger partial charge in [0.05, 0.1) is 11.7 Å². The highest BCUT2D eigenvalue weighted by atomic mass is 19.1. The molecule has 4 rings (SSSR count). The molecule has 1 fully saturated rings. The zero-order chi connectivity index (χ0) is 17.2. The first-order chi connectivity index (χ1) is 12.2. The van der Waals surface area contributed by atoms with E-state index in [4.69, 9.17) is 0 Å². The van der Waals surface area contributed by atoms with Crippen LogP contribution in [0.1, 0.15) is 34.9 Å². The molecule has 0 saturated carbocycles. The number of H-pyrrole nitrogens is 1. The van der Waals surface area contributed by atoms with Gasteiger partial charge in [-0.1, -0.05) is 6.07 Å². The van der Waals surface area contributed by atoms with Crippen LogP contribution in [0.15, 0.2) is 54.9 Å². The Kier molecular flexibility index (Phi) is 4.01. The number of likely N-dealkylation sites (tertiary alicyclic amines) is 1.